The third-order valence-electron chi connectivity index (χ3n) is 2.61. The summed E-state index contributed by atoms with van der Waals surface area (Å²) in [6, 6.07) is 8.14. The third-order valence-corrected chi connectivity index (χ3v) is 3.23. The fraction of sp³-hybridized carbons (Fsp3) is 0.214. The minimum Gasteiger partial charge on any atom is -0.376 e. The lowest BCUT2D eigenvalue weighted by Gasteiger charge is -2.07. The SMILES string of the molecule is Fc1ccc(Br)c(F)c1COCCc1ccccn1. The van der Waals surface area contributed by atoms with E-state index < -0.39 is 11.6 Å². The first-order valence-electron chi connectivity index (χ1n) is 5.78. The summed E-state index contributed by atoms with van der Waals surface area (Å²) >= 11 is 3.02. The van der Waals surface area contributed by atoms with Crippen molar-refractivity contribution in [3.8, 4) is 0 Å². The van der Waals surface area contributed by atoms with Crippen LogP contribution in [-0.2, 0) is 17.8 Å². The van der Waals surface area contributed by atoms with Crippen LogP contribution in [-0.4, -0.2) is 11.6 Å². The molecule has 0 aliphatic heterocycles. The van der Waals surface area contributed by atoms with Crippen LogP contribution in [0.2, 0.25) is 0 Å². The van der Waals surface area contributed by atoms with Gasteiger partial charge in [0.25, 0.3) is 0 Å². The summed E-state index contributed by atoms with van der Waals surface area (Å²) in [5.74, 6) is -1.21. The van der Waals surface area contributed by atoms with Crippen molar-refractivity contribution in [3.63, 3.8) is 0 Å². The molecule has 1 aromatic carbocycles. The van der Waals surface area contributed by atoms with Gasteiger partial charge in [0.2, 0.25) is 0 Å². The highest BCUT2D eigenvalue weighted by Crippen LogP contribution is 2.22. The summed E-state index contributed by atoms with van der Waals surface area (Å²) in [6.07, 6.45) is 2.31. The average molecular weight is 328 g/mol. The average Bonchev–Trinajstić information content (AvgIpc) is 2.43. The van der Waals surface area contributed by atoms with E-state index in [1.807, 2.05) is 18.2 Å². The predicted octanol–water partition coefficient (Wildman–Crippen LogP) is 3.88. The van der Waals surface area contributed by atoms with Crippen LogP contribution in [0.25, 0.3) is 0 Å². The van der Waals surface area contributed by atoms with E-state index in [-0.39, 0.29) is 16.6 Å². The number of aromatic nitrogens is 1. The molecule has 100 valence electrons. The summed E-state index contributed by atoms with van der Waals surface area (Å²) < 4.78 is 32.6. The number of hydrogen-bond acceptors (Lipinski definition) is 2. The number of halogens is 3. The highest BCUT2D eigenvalue weighted by Gasteiger charge is 2.12. The van der Waals surface area contributed by atoms with Crippen LogP contribution in [0.4, 0.5) is 8.78 Å². The Labute approximate surface area is 118 Å². The number of rotatable bonds is 5. The third kappa shape index (κ3) is 3.81. The maximum Gasteiger partial charge on any atom is 0.145 e. The Bertz CT molecular complexity index is 549. The standard InChI is InChI=1S/C14H12BrF2NO/c15-12-4-5-13(16)11(14(12)17)9-19-8-6-10-3-1-2-7-18-10/h1-5,7H,6,8-9H2. The number of ether oxygens (including phenoxy) is 1. The minimum atomic E-state index is -0.613. The zero-order valence-electron chi connectivity index (χ0n) is 10.1. The molecular formula is C14H12BrF2NO. The fourth-order valence-electron chi connectivity index (χ4n) is 1.60. The summed E-state index contributed by atoms with van der Waals surface area (Å²) in [6.45, 7) is 0.270. The molecular weight excluding hydrogens is 316 g/mol. The molecule has 0 aliphatic carbocycles. The van der Waals surface area contributed by atoms with Gasteiger partial charge in [0.05, 0.1) is 23.2 Å². The second kappa shape index (κ2) is 6.73. The zero-order chi connectivity index (χ0) is 13.7. The first-order chi connectivity index (χ1) is 9.18. The van der Waals surface area contributed by atoms with Gasteiger partial charge in [-0.05, 0) is 40.2 Å². The van der Waals surface area contributed by atoms with E-state index in [9.17, 15) is 8.78 Å². The van der Waals surface area contributed by atoms with Crippen molar-refractivity contribution in [2.75, 3.05) is 6.61 Å². The zero-order valence-corrected chi connectivity index (χ0v) is 11.7. The molecule has 0 aliphatic rings. The Hall–Kier alpha value is -1.33. The molecule has 0 spiro atoms. The van der Waals surface area contributed by atoms with Crippen LogP contribution < -0.4 is 0 Å². The van der Waals surface area contributed by atoms with Gasteiger partial charge in [0.15, 0.2) is 0 Å². The summed E-state index contributed by atoms with van der Waals surface area (Å²) in [7, 11) is 0. The Kier molecular flexibility index (Phi) is 4.99. The van der Waals surface area contributed by atoms with Crippen LogP contribution in [0.1, 0.15) is 11.3 Å². The fourth-order valence-corrected chi connectivity index (χ4v) is 1.97. The molecule has 0 bridgehead atoms. The van der Waals surface area contributed by atoms with Gasteiger partial charge >= 0.3 is 0 Å². The minimum absolute atomic E-state index is 0.0598. The number of benzene rings is 1. The van der Waals surface area contributed by atoms with Crippen molar-refractivity contribution in [1.82, 2.24) is 4.98 Å². The number of hydrogen-bond donors (Lipinski definition) is 0. The Morgan fingerprint density at radius 1 is 1.16 bits per heavy atom. The maximum atomic E-state index is 13.6. The van der Waals surface area contributed by atoms with Crippen LogP contribution >= 0.6 is 15.9 Å². The van der Waals surface area contributed by atoms with Gasteiger partial charge in [-0.3, -0.25) is 4.98 Å². The number of pyridine rings is 1. The smallest absolute Gasteiger partial charge is 0.145 e. The van der Waals surface area contributed by atoms with Crippen molar-refractivity contribution in [2.24, 2.45) is 0 Å². The molecule has 19 heavy (non-hydrogen) atoms. The summed E-state index contributed by atoms with van der Waals surface area (Å²) in [5.41, 5.74) is 0.827. The van der Waals surface area contributed by atoms with Crippen molar-refractivity contribution >= 4 is 15.9 Å². The van der Waals surface area contributed by atoms with Crippen molar-refractivity contribution in [2.45, 2.75) is 13.0 Å². The van der Waals surface area contributed by atoms with Gasteiger partial charge in [-0.2, -0.15) is 0 Å². The molecule has 0 atom stereocenters. The molecule has 0 saturated carbocycles. The van der Waals surface area contributed by atoms with E-state index in [4.69, 9.17) is 4.74 Å². The molecule has 1 aromatic heterocycles. The lowest BCUT2D eigenvalue weighted by Crippen LogP contribution is -2.04. The predicted molar refractivity (Wildman–Crippen MR) is 71.7 cm³/mol. The second-order valence-electron chi connectivity index (χ2n) is 3.95. The largest absolute Gasteiger partial charge is 0.376 e. The van der Waals surface area contributed by atoms with Gasteiger partial charge < -0.3 is 4.74 Å². The van der Waals surface area contributed by atoms with E-state index in [2.05, 4.69) is 20.9 Å². The van der Waals surface area contributed by atoms with Gasteiger partial charge in [-0.25, -0.2) is 8.78 Å². The molecule has 2 rings (SSSR count). The first-order valence-corrected chi connectivity index (χ1v) is 6.58. The van der Waals surface area contributed by atoms with Crippen LogP contribution in [0.5, 0.6) is 0 Å². The molecule has 2 aromatic rings. The van der Waals surface area contributed by atoms with Crippen molar-refractivity contribution in [1.29, 1.82) is 0 Å². The lowest BCUT2D eigenvalue weighted by atomic mass is 10.2. The number of nitrogens with zero attached hydrogens (tertiary/aromatic N) is 1. The Morgan fingerprint density at radius 2 is 2.00 bits per heavy atom. The quantitative estimate of drug-likeness (QED) is 0.614. The van der Waals surface area contributed by atoms with E-state index in [0.29, 0.717) is 13.0 Å². The topological polar surface area (TPSA) is 22.1 Å². The van der Waals surface area contributed by atoms with E-state index in [0.717, 1.165) is 5.69 Å². The molecule has 0 saturated heterocycles. The van der Waals surface area contributed by atoms with Crippen LogP contribution in [0.15, 0.2) is 41.0 Å². The van der Waals surface area contributed by atoms with Gasteiger partial charge in [-0.15, -0.1) is 0 Å². The Morgan fingerprint density at radius 3 is 2.74 bits per heavy atom. The summed E-state index contributed by atoms with van der Waals surface area (Å²) in [4.78, 5) is 4.14. The van der Waals surface area contributed by atoms with E-state index in [1.165, 1.54) is 12.1 Å². The molecule has 1 heterocycles. The van der Waals surface area contributed by atoms with Crippen LogP contribution in [0, 0.1) is 11.6 Å². The molecule has 2 nitrogen and oxygen atoms in total. The van der Waals surface area contributed by atoms with E-state index >= 15 is 0 Å². The van der Waals surface area contributed by atoms with Crippen molar-refractivity contribution in [3.05, 3.63) is 63.9 Å². The van der Waals surface area contributed by atoms with Crippen molar-refractivity contribution < 1.29 is 13.5 Å². The highest BCUT2D eigenvalue weighted by molar-refractivity contribution is 9.10. The van der Waals surface area contributed by atoms with Gasteiger partial charge in [0, 0.05) is 18.3 Å². The Balaban J connectivity index is 1.88. The first kappa shape index (κ1) is 14.1. The molecule has 0 radical (unpaired) electrons. The van der Waals surface area contributed by atoms with Crippen LogP contribution in [0.3, 0.4) is 0 Å². The lowest BCUT2D eigenvalue weighted by molar-refractivity contribution is 0.118. The van der Waals surface area contributed by atoms with E-state index in [1.54, 1.807) is 6.20 Å². The van der Waals surface area contributed by atoms with Gasteiger partial charge in [0.1, 0.15) is 11.6 Å². The molecule has 5 heteroatoms. The second-order valence-corrected chi connectivity index (χ2v) is 4.80. The molecule has 0 unspecified atom stereocenters. The normalized spacial score (nSPS) is 10.7. The van der Waals surface area contributed by atoms with Gasteiger partial charge in [-0.1, -0.05) is 6.07 Å². The monoisotopic (exact) mass is 327 g/mol. The molecule has 0 N–H and O–H groups in total. The molecule has 0 fully saturated rings. The highest BCUT2D eigenvalue weighted by atomic mass is 79.9. The maximum absolute atomic E-state index is 13.6. The molecule has 0 amide bonds. The summed E-state index contributed by atoms with van der Waals surface area (Å²) in [5, 5.41) is 0.